The lowest BCUT2D eigenvalue weighted by atomic mass is 9.93. The molecule has 0 aliphatic carbocycles. The molecular formula is C14H22ClN. The minimum Gasteiger partial charge on any atom is -0.324 e. The van der Waals surface area contributed by atoms with Gasteiger partial charge in [0.1, 0.15) is 0 Å². The van der Waals surface area contributed by atoms with Crippen molar-refractivity contribution in [1.82, 2.24) is 0 Å². The Morgan fingerprint density at radius 3 is 2.62 bits per heavy atom. The van der Waals surface area contributed by atoms with Gasteiger partial charge in [-0.3, -0.25) is 0 Å². The maximum Gasteiger partial charge on any atom is 0.0456 e. The fourth-order valence-corrected chi connectivity index (χ4v) is 2.48. The number of aryl methyl sites for hydroxylation is 1. The van der Waals surface area contributed by atoms with Crippen LogP contribution in [-0.2, 0) is 0 Å². The molecule has 1 nitrogen and oxygen atoms in total. The van der Waals surface area contributed by atoms with Gasteiger partial charge in [0.15, 0.2) is 0 Å². The Balaban J connectivity index is 2.69. The summed E-state index contributed by atoms with van der Waals surface area (Å²) in [7, 11) is 0. The first-order valence-electron chi connectivity index (χ1n) is 6.06. The van der Waals surface area contributed by atoms with Crippen molar-refractivity contribution in [2.45, 2.75) is 46.1 Å². The number of rotatable bonds is 5. The third kappa shape index (κ3) is 3.80. The molecule has 0 saturated heterocycles. The molecule has 0 heterocycles. The van der Waals surface area contributed by atoms with Gasteiger partial charge in [0.2, 0.25) is 0 Å². The summed E-state index contributed by atoms with van der Waals surface area (Å²) in [6.07, 6.45) is 3.46. The van der Waals surface area contributed by atoms with Crippen LogP contribution in [0.4, 0.5) is 0 Å². The van der Waals surface area contributed by atoms with E-state index in [9.17, 15) is 0 Å². The lowest BCUT2D eigenvalue weighted by Gasteiger charge is -2.18. The minimum atomic E-state index is 0.0645. The van der Waals surface area contributed by atoms with Gasteiger partial charge in [0.05, 0.1) is 0 Å². The van der Waals surface area contributed by atoms with E-state index in [-0.39, 0.29) is 6.04 Å². The molecule has 0 amide bonds. The van der Waals surface area contributed by atoms with Crippen LogP contribution in [0.2, 0.25) is 5.02 Å². The molecule has 1 rings (SSSR count). The predicted octanol–water partition coefficient (Wildman–Crippen LogP) is 4.47. The second-order valence-corrected chi connectivity index (χ2v) is 5.17. The Hall–Kier alpha value is -0.530. The van der Waals surface area contributed by atoms with E-state index in [1.54, 1.807) is 0 Å². The van der Waals surface area contributed by atoms with Gasteiger partial charge in [-0.25, -0.2) is 0 Å². The summed E-state index contributed by atoms with van der Waals surface area (Å²) in [5, 5.41) is 0.802. The highest BCUT2D eigenvalue weighted by Crippen LogP contribution is 2.27. The monoisotopic (exact) mass is 239 g/mol. The molecule has 1 aromatic rings. The van der Waals surface area contributed by atoms with E-state index in [1.807, 2.05) is 13.0 Å². The van der Waals surface area contributed by atoms with Crippen molar-refractivity contribution in [2.75, 3.05) is 0 Å². The average Bonchev–Trinajstić information content (AvgIpc) is 2.17. The summed E-state index contributed by atoms with van der Waals surface area (Å²) in [5.74, 6) is 0.664. The van der Waals surface area contributed by atoms with Gasteiger partial charge in [-0.2, -0.15) is 0 Å². The normalized spacial score (nSPS) is 14.8. The van der Waals surface area contributed by atoms with E-state index >= 15 is 0 Å². The van der Waals surface area contributed by atoms with Crippen LogP contribution in [0.1, 0.15) is 50.3 Å². The first-order chi connectivity index (χ1) is 7.54. The molecule has 16 heavy (non-hydrogen) atoms. The molecule has 90 valence electrons. The smallest absolute Gasteiger partial charge is 0.0456 e. The summed E-state index contributed by atoms with van der Waals surface area (Å²) < 4.78 is 0. The van der Waals surface area contributed by atoms with Crippen LogP contribution >= 0.6 is 11.6 Å². The van der Waals surface area contributed by atoms with Crippen molar-refractivity contribution in [3.05, 3.63) is 34.3 Å². The van der Waals surface area contributed by atoms with E-state index in [2.05, 4.69) is 26.0 Å². The molecule has 0 fully saturated rings. The first kappa shape index (κ1) is 13.5. The first-order valence-corrected chi connectivity index (χ1v) is 6.44. The van der Waals surface area contributed by atoms with Crippen LogP contribution in [0, 0.1) is 12.8 Å². The largest absolute Gasteiger partial charge is 0.324 e. The molecule has 0 saturated carbocycles. The fourth-order valence-electron chi connectivity index (χ4n) is 2.10. The van der Waals surface area contributed by atoms with E-state index in [0.717, 1.165) is 17.0 Å². The Bertz CT molecular complexity index is 336. The van der Waals surface area contributed by atoms with E-state index in [1.165, 1.54) is 18.4 Å². The Labute approximate surface area is 104 Å². The molecule has 0 radical (unpaired) electrons. The highest BCUT2D eigenvalue weighted by molar-refractivity contribution is 6.31. The third-order valence-electron chi connectivity index (χ3n) is 2.99. The number of hydrogen-bond donors (Lipinski definition) is 1. The Morgan fingerprint density at radius 1 is 1.38 bits per heavy atom. The lowest BCUT2D eigenvalue weighted by Crippen LogP contribution is -2.14. The van der Waals surface area contributed by atoms with Crippen molar-refractivity contribution >= 4 is 11.6 Å². The van der Waals surface area contributed by atoms with Gasteiger partial charge in [-0.15, -0.1) is 0 Å². The molecule has 0 spiro atoms. The van der Waals surface area contributed by atoms with Crippen molar-refractivity contribution in [3.8, 4) is 0 Å². The summed E-state index contributed by atoms with van der Waals surface area (Å²) >= 11 is 6.20. The zero-order valence-electron chi connectivity index (χ0n) is 10.5. The van der Waals surface area contributed by atoms with Gasteiger partial charge in [-0.05, 0) is 36.5 Å². The van der Waals surface area contributed by atoms with Gasteiger partial charge in [0, 0.05) is 11.1 Å². The summed E-state index contributed by atoms with van der Waals surface area (Å²) in [6, 6.07) is 6.18. The summed E-state index contributed by atoms with van der Waals surface area (Å²) in [5.41, 5.74) is 8.45. The van der Waals surface area contributed by atoms with Gasteiger partial charge in [-0.1, -0.05) is 50.4 Å². The molecule has 0 aliphatic rings. The van der Waals surface area contributed by atoms with Gasteiger partial charge >= 0.3 is 0 Å². The zero-order chi connectivity index (χ0) is 12.1. The minimum absolute atomic E-state index is 0.0645. The highest BCUT2D eigenvalue weighted by Gasteiger charge is 2.13. The highest BCUT2D eigenvalue weighted by atomic mass is 35.5. The van der Waals surface area contributed by atoms with Crippen LogP contribution in [0.25, 0.3) is 0 Å². The van der Waals surface area contributed by atoms with Crippen LogP contribution in [-0.4, -0.2) is 0 Å². The average molecular weight is 240 g/mol. The quantitative estimate of drug-likeness (QED) is 0.806. The summed E-state index contributed by atoms with van der Waals surface area (Å²) in [6.45, 7) is 6.51. The van der Waals surface area contributed by atoms with E-state index in [0.29, 0.717) is 5.92 Å². The second-order valence-electron chi connectivity index (χ2n) is 4.76. The van der Waals surface area contributed by atoms with Crippen LogP contribution in [0.5, 0.6) is 0 Å². The fraction of sp³-hybridized carbons (Fsp3) is 0.571. The maximum atomic E-state index is 6.20. The second kappa shape index (κ2) is 6.27. The Morgan fingerprint density at radius 2 is 2.06 bits per heavy atom. The van der Waals surface area contributed by atoms with Gasteiger partial charge < -0.3 is 5.73 Å². The summed E-state index contributed by atoms with van der Waals surface area (Å²) in [4.78, 5) is 0. The molecule has 2 unspecified atom stereocenters. The van der Waals surface area contributed by atoms with E-state index in [4.69, 9.17) is 17.3 Å². The number of benzene rings is 1. The Kier molecular flexibility index (Phi) is 5.30. The molecule has 0 aromatic heterocycles. The van der Waals surface area contributed by atoms with Gasteiger partial charge in [0.25, 0.3) is 0 Å². The number of nitrogens with two attached hydrogens (primary N) is 1. The zero-order valence-corrected chi connectivity index (χ0v) is 11.2. The number of halogens is 1. The van der Waals surface area contributed by atoms with Crippen molar-refractivity contribution < 1.29 is 0 Å². The van der Waals surface area contributed by atoms with E-state index < -0.39 is 0 Å². The predicted molar refractivity (Wildman–Crippen MR) is 71.8 cm³/mol. The van der Waals surface area contributed by atoms with Crippen LogP contribution in [0.15, 0.2) is 18.2 Å². The van der Waals surface area contributed by atoms with Crippen molar-refractivity contribution in [3.63, 3.8) is 0 Å². The standard InChI is InChI=1S/C14H22ClN/c1-4-5-10(2)9-14(16)12-7-6-11(3)8-13(12)15/h6-8,10,14H,4-5,9,16H2,1-3H3. The molecular weight excluding hydrogens is 218 g/mol. The van der Waals surface area contributed by atoms with Crippen LogP contribution in [0.3, 0.4) is 0 Å². The molecule has 1 aromatic carbocycles. The lowest BCUT2D eigenvalue weighted by molar-refractivity contribution is 0.440. The third-order valence-corrected chi connectivity index (χ3v) is 3.32. The molecule has 2 heteroatoms. The topological polar surface area (TPSA) is 26.0 Å². The number of hydrogen-bond acceptors (Lipinski definition) is 1. The van der Waals surface area contributed by atoms with Crippen molar-refractivity contribution in [2.24, 2.45) is 11.7 Å². The molecule has 0 bridgehead atoms. The van der Waals surface area contributed by atoms with Crippen molar-refractivity contribution in [1.29, 1.82) is 0 Å². The van der Waals surface area contributed by atoms with Crippen LogP contribution < -0.4 is 5.73 Å². The molecule has 2 atom stereocenters. The molecule has 2 N–H and O–H groups in total. The SMILES string of the molecule is CCCC(C)CC(N)c1ccc(C)cc1Cl. The molecule has 0 aliphatic heterocycles. The maximum absolute atomic E-state index is 6.20.